The summed E-state index contributed by atoms with van der Waals surface area (Å²) in [6, 6.07) is 7.98. The van der Waals surface area contributed by atoms with Gasteiger partial charge in [0, 0.05) is 24.8 Å². The lowest BCUT2D eigenvalue weighted by molar-refractivity contribution is -0.120. The number of anilines is 1. The van der Waals surface area contributed by atoms with Crippen molar-refractivity contribution in [3.63, 3.8) is 0 Å². The van der Waals surface area contributed by atoms with E-state index in [4.69, 9.17) is 10.5 Å². The smallest absolute Gasteiger partial charge is 0.227 e. The molecule has 1 saturated carbocycles. The van der Waals surface area contributed by atoms with Gasteiger partial charge in [-0.25, -0.2) is 0 Å². The van der Waals surface area contributed by atoms with Crippen LogP contribution in [0.4, 0.5) is 5.69 Å². The molecular formula is C16H25ClN2O2. The number of rotatable bonds is 4. The molecule has 0 saturated heterocycles. The fourth-order valence-electron chi connectivity index (χ4n) is 2.72. The molecule has 1 aromatic carbocycles. The summed E-state index contributed by atoms with van der Waals surface area (Å²) in [4.78, 5) is 12.3. The Morgan fingerprint density at radius 3 is 2.86 bits per heavy atom. The van der Waals surface area contributed by atoms with E-state index in [0.717, 1.165) is 36.9 Å². The number of carbonyl (C=O) groups is 1. The molecule has 0 aromatic heterocycles. The molecule has 4 nitrogen and oxygen atoms in total. The Morgan fingerprint density at radius 1 is 1.43 bits per heavy atom. The van der Waals surface area contributed by atoms with Crippen LogP contribution < -0.4 is 11.1 Å². The molecule has 5 heteroatoms. The third-order valence-electron chi connectivity index (χ3n) is 4.06. The van der Waals surface area contributed by atoms with Crippen molar-refractivity contribution in [1.29, 1.82) is 0 Å². The van der Waals surface area contributed by atoms with Crippen molar-refractivity contribution >= 4 is 24.0 Å². The summed E-state index contributed by atoms with van der Waals surface area (Å²) in [5.74, 6) is 0.129. The van der Waals surface area contributed by atoms with Crippen molar-refractivity contribution in [2.45, 2.75) is 44.8 Å². The topological polar surface area (TPSA) is 64.3 Å². The van der Waals surface area contributed by atoms with Gasteiger partial charge in [0.15, 0.2) is 0 Å². The molecule has 0 aliphatic heterocycles. The minimum Gasteiger partial charge on any atom is -0.377 e. The monoisotopic (exact) mass is 312 g/mol. The molecule has 1 aliphatic carbocycles. The molecule has 1 aromatic rings. The van der Waals surface area contributed by atoms with E-state index in [0.29, 0.717) is 0 Å². The zero-order valence-electron chi connectivity index (χ0n) is 12.7. The Bertz CT molecular complexity index is 467. The van der Waals surface area contributed by atoms with E-state index >= 15 is 0 Å². The fraction of sp³-hybridized carbons (Fsp3) is 0.562. The highest BCUT2D eigenvalue weighted by Gasteiger charge is 2.25. The Balaban J connectivity index is 0.00000220. The maximum atomic E-state index is 12.3. The van der Waals surface area contributed by atoms with Crippen LogP contribution in [0.15, 0.2) is 24.3 Å². The number of hydrogen-bond donors (Lipinski definition) is 2. The largest absolute Gasteiger partial charge is 0.377 e. The van der Waals surface area contributed by atoms with Crippen molar-refractivity contribution in [2.24, 2.45) is 11.7 Å². The highest BCUT2D eigenvalue weighted by molar-refractivity contribution is 5.92. The first-order valence-electron chi connectivity index (χ1n) is 7.29. The second-order valence-electron chi connectivity index (χ2n) is 5.62. The standard InChI is InChI=1S/C16H24N2O2.ClH/c1-11(20-2)12-5-4-8-15(10-12)18-16(19)13-6-3-7-14(17)9-13;/h4-5,8,10-11,13-14H,3,6-7,9,17H2,1-2H3,(H,18,19);1H. The van der Waals surface area contributed by atoms with Crippen LogP contribution in [0.3, 0.4) is 0 Å². The number of nitrogens with two attached hydrogens (primary N) is 1. The van der Waals surface area contributed by atoms with E-state index < -0.39 is 0 Å². The van der Waals surface area contributed by atoms with Crippen molar-refractivity contribution in [3.05, 3.63) is 29.8 Å². The van der Waals surface area contributed by atoms with Gasteiger partial charge in [0.2, 0.25) is 5.91 Å². The van der Waals surface area contributed by atoms with Gasteiger partial charge in [0.05, 0.1) is 6.10 Å². The lowest BCUT2D eigenvalue weighted by Crippen LogP contribution is -2.34. The van der Waals surface area contributed by atoms with E-state index in [9.17, 15) is 4.79 Å². The zero-order chi connectivity index (χ0) is 14.5. The number of carbonyl (C=O) groups excluding carboxylic acids is 1. The van der Waals surface area contributed by atoms with Gasteiger partial charge in [-0.05, 0) is 43.9 Å². The SMILES string of the molecule is COC(C)c1cccc(NC(=O)C2CCCC(N)C2)c1.Cl. The maximum absolute atomic E-state index is 12.3. The number of hydrogen-bond acceptors (Lipinski definition) is 3. The van der Waals surface area contributed by atoms with Crippen molar-refractivity contribution < 1.29 is 9.53 Å². The molecule has 2 rings (SSSR count). The Kier molecular flexibility index (Phi) is 7.15. The normalized spacial score (nSPS) is 23.0. The van der Waals surface area contributed by atoms with Gasteiger partial charge >= 0.3 is 0 Å². The lowest BCUT2D eigenvalue weighted by atomic mass is 9.85. The summed E-state index contributed by atoms with van der Waals surface area (Å²) in [7, 11) is 1.68. The summed E-state index contributed by atoms with van der Waals surface area (Å²) in [6.45, 7) is 1.99. The van der Waals surface area contributed by atoms with Crippen LogP contribution in [0.25, 0.3) is 0 Å². The molecule has 1 amide bonds. The van der Waals surface area contributed by atoms with Crippen LogP contribution >= 0.6 is 12.4 Å². The predicted molar refractivity (Wildman–Crippen MR) is 87.7 cm³/mol. The van der Waals surface area contributed by atoms with E-state index in [1.807, 2.05) is 31.2 Å². The molecule has 1 aliphatic rings. The first-order chi connectivity index (χ1) is 9.60. The highest BCUT2D eigenvalue weighted by Crippen LogP contribution is 2.25. The quantitative estimate of drug-likeness (QED) is 0.896. The van der Waals surface area contributed by atoms with Crippen LogP contribution in [0.1, 0.15) is 44.3 Å². The third-order valence-corrected chi connectivity index (χ3v) is 4.06. The number of halogens is 1. The first kappa shape index (κ1) is 18.0. The Hall–Kier alpha value is -1.10. The molecule has 0 radical (unpaired) electrons. The number of benzene rings is 1. The molecule has 0 heterocycles. The minimum absolute atomic E-state index is 0. The summed E-state index contributed by atoms with van der Waals surface area (Å²) in [5, 5.41) is 3.00. The third kappa shape index (κ3) is 4.99. The van der Waals surface area contributed by atoms with Gasteiger partial charge in [-0.15, -0.1) is 12.4 Å². The summed E-state index contributed by atoms with van der Waals surface area (Å²) in [5.41, 5.74) is 7.83. The van der Waals surface area contributed by atoms with Crippen LogP contribution in [0.5, 0.6) is 0 Å². The van der Waals surface area contributed by atoms with E-state index in [1.54, 1.807) is 7.11 Å². The molecular weight excluding hydrogens is 288 g/mol. The van der Waals surface area contributed by atoms with Crippen LogP contribution in [0.2, 0.25) is 0 Å². The molecule has 3 unspecified atom stereocenters. The average Bonchev–Trinajstić information content (AvgIpc) is 2.46. The minimum atomic E-state index is 0. The molecule has 3 atom stereocenters. The average molecular weight is 313 g/mol. The van der Waals surface area contributed by atoms with E-state index in [2.05, 4.69) is 5.32 Å². The van der Waals surface area contributed by atoms with Crippen molar-refractivity contribution in [2.75, 3.05) is 12.4 Å². The molecule has 0 bridgehead atoms. The van der Waals surface area contributed by atoms with Gasteiger partial charge in [0.1, 0.15) is 0 Å². The van der Waals surface area contributed by atoms with Crippen molar-refractivity contribution in [3.8, 4) is 0 Å². The zero-order valence-corrected chi connectivity index (χ0v) is 13.5. The number of nitrogens with one attached hydrogen (secondary N) is 1. The molecule has 21 heavy (non-hydrogen) atoms. The second-order valence-corrected chi connectivity index (χ2v) is 5.62. The van der Waals surface area contributed by atoms with Crippen molar-refractivity contribution in [1.82, 2.24) is 0 Å². The first-order valence-corrected chi connectivity index (χ1v) is 7.29. The lowest BCUT2D eigenvalue weighted by Gasteiger charge is -2.25. The molecule has 3 N–H and O–H groups in total. The Morgan fingerprint density at radius 2 is 2.19 bits per heavy atom. The predicted octanol–water partition coefficient (Wildman–Crippen LogP) is 3.27. The van der Waals surface area contributed by atoms with E-state index in [-0.39, 0.29) is 36.4 Å². The van der Waals surface area contributed by atoms with Crippen LogP contribution in [-0.2, 0) is 9.53 Å². The highest BCUT2D eigenvalue weighted by atomic mass is 35.5. The van der Waals surface area contributed by atoms with Gasteiger partial charge in [0.25, 0.3) is 0 Å². The number of ether oxygens (including phenoxy) is 1. The van der Waals surface area contributed by atoms with Gasteiger partial charge in [-0.3, -0.25) is 4.79 Å². The van der Waals surface area contributed by atoms with Gasteiger partial charge in [-0.1, -0.05) is 18.6 Å². The maximum Gasteiger partial charge on any atom is 0.227 e. The second kappa shape index (κ2) is 8.37. The summed E-state index contributed by atoms with van der Waals surface area (Å²) < 4.78 is 5.30. The molecule has 0 spiro atoms. The van der Waals surface area contributed by atoms with Gasteiger partial charge in [-0.2, -0.15) is 0 Å². The molecule has 118 valence electrons. The van der Waals surface area contributed by atoms with Crippen LogP contribution in [0, 0.1) is 5.92 Å². The Labute approximate surface area is 132 Å². The van der Waals surface area contributed by atoms with E-state index in [1.165, 1.54) is 0 Å². The molecule has 1 fully saturated rings. The summed E-state index contributed by atoms with van der Waals surface area (Å²) >= 11 is 0. The number of amides is 1. The van der Waals surface area contributed by atoms with Crippen LogP contribution in [-0.4, -0.2) is 19.1 Å². The van der Waals surface area contributed by atoms with Gasteiger partial charge < -0.3 is 15.8 Å². The summed E-state index contributed by atoms with van der Waals surface area (Å²) in [6.07, 6.45) is 3.83. The fourth-order valence-corrected chi connectivity index (χ4v) is 2.72. The number of methoxy groups -OCH3 is 1.